The van der Waals surface area contributed by atoms with Crippen LogP contribution in [0.25, 0.3) is 0 Å². The van der Waals surface area contributed by atoms with E-state index in [0.29, 0.717) is 6.41 Å². The van der Waals surface area contributed by atoms with Crippen molar-refractivity contribution in [2.24, 2.45) is 0 Å². The molecule has 12 heavy (non-hydrogen) atoms. The van der Waals surface area contributed by atoms with Crippen LogP contribution in [0.15, 0.2) is 12.7 Å². The van der Waals surface area contributed by atoms with Crippen molar-refractivity contribution in [2.75, 3.05) is 6.61 Å². The minimum Gasteiger partial charge on any atom is -0.394 e. The lowest BCUT2D eigenvalue weighted by molar-refractivity contribution is -0.110. The quantitative estimate of drug-likeness (QED) is 0.323. The Morgan fingerprint density at radius 1 is 1.50 bits per heavy atom. The van der Waals surface area contributed by atoms with Gasteiger partial charge in [0.1, 0.15) is 0 Å². The van der Waals surface area contributed by atoms with E-state index in [4.69, 9.17) is 5.11 Å². The molecule has 0 rings (SSSR count). The molecule has 0 aromatic carbocycles. The molecule has 1 amide bonds. The number of hydrogen-bond acceptors (Lipinski definition) is 2. The van der Waals surface area contributed by atoms with Gasteiger partial charge in [-0.2, -0.15) is 0 Å². The normalized spacial score (nSPS) is 12.1. The molecule has 0 heterocycles. The summed E-state index contributed by atoms with van der Waals surface area (Å²) < 4.78 is 0. The summed E-state index contributed by atoms with van der Waals surface area (Å²) >= 11 is 0. The van der Waals surface area contributed by atoms with E-state index < -0.39 is 0 Å². The highest BCUT2D eigenvalue weighted by molar-refractivity contribution is 5.46. The number of rotatable bonds is 8. The molecule has 0 aliphatic rings. The highest BCUT2D eigenvalue weighted by Gasteiger charge is 2.03. The van der Waals surface area contributed by atoms with Crippen LogP contribution in [0.5, 0.6) is 0 Å². The van der Waals surface area contributed by atoms with E-state index in [9.17, 15) is 4.79 Å². The lowest BCUT2D eigenvalue weighted by Crippen LogP contribution is -2.31. The summed E-state index contributed by atoms with van der Waals surface area (Å²) in [6.45, 7) is 3.63. The molecule has 0 bridgehead atoms. The van der Waals surface area contributed by atoms with Crippen LogP contribution in [0.1, 0.15) is 25.7 Å². The maximum atomic E-state index is 10.0. The van der Waals surface area contributed by atoms with Crippen molar-refractivity contribution < 1.29 is 9.90 Å². The van der Waals surface area contributed by atoms with Gasteiger partial charge in [-0.3, -0.25) is 4.79 Å². The Morgan fingerprint density at radius 2 is 2.25 bits per heavy atom. The minimum absolute atomic E-state index is 0.0207. The number of hydrogen-bond donors (Lipinski definition) is 2. The molecule has 1 atom stereocenters. The maximum Gasteiger partial charge on any atom is 0.207 e. The van der Waals surface area contributed by atoms with Crippen LogP contribution >= 0.6 is 0 Å². The topological polar surface area (TPSA) is 49.3 Å². The van der Waals surface area contributed by atoms with Gasteiger partial charge in [-0.05, 0) is 19.3 Å². The molecular formula is C9H17NO2. The fourth-order valence-electron chi connectivity index (χ4n) is 1.00. The highest BCUT2D eigenvalue weighted by Crippen LogP contribution is 2.03. The van der Waals surface area contributed by atoms with E-state index in [1.165, 1.54) is 0 Å². The van der Waals surface area contributed by atoms with Gasteiger partial charge in [0.25, 0.3) is 0 Å². The molecule has 0 spiro atoms. The van der Waals surface area contributed by atoms with Gasteiger partial charge < -0.3 is 10.4 Å². The summed E-state index contributed by atoms with van der Waals surface area (Å²) in [6.07, 6.45) is 6.43. The average molecular weight is 171 g/mol. The predicted octanol–water partition coefficient (Wildman–Crippen LogP) is 0.840. The summed E-state index contributed by atoms with van der Waals surface area (Å²) in [5.74, 6) is 0. The summed E-state index contributed by atoms with van der Waals surface area (Å²) in [5, 5.41) is 11.3. The SMILES string of the molecule is C=CCCCC[C@@H](CO)NC=O. The molecule has 0 fully saturated rings. The standard InChI is InChI=1S/C9H17NO2/c1-2-3-4-5-6-9(7-11)10-8-12/h2,8-9,11H,1,3-7H2,(H,10,12)/t9-/m0/s1. The minimum atomic E-state index is -0.0766. The van der Waals surface area contributed by atoms with Gasteiger partial charge in [0.15, 0.2) is 0 Å². The summed E-state index contributed by atoms with van der Waals surface area (Å²) in [4.78, 5) is 10.0. The first-order valence-electron chi connectivity index (χ1n) is 4.26. The smallest absolute Gasteiger partial charge is 0.207 e. The lowest BCUT2D eigenvalue weighted by atomic mass is 10.1. The van der Waals surface area contributed by atoms with E-state index in [2.05, 4.69) is 11.9 Å². The van der Waals surface area contributed by atoms with Crippen molar-refractivity contribution >= 4 is 6.41 Å². The molecule has 2 N–H and O–H groups in total. The maximum absolute atomic E-state index is 10.0. The van der Waals surface area contributed by atoms with Gasteiger partial charge >= 0.3 is 0 Å². The van der Waals surface area contributed by atoms with E-state index in [0.717, 1.165) is 25.7 Å². The van der Waals surface area contributed by atoms with Crippen LogP contribution in [0.2, 0.25) is 0 Å². The van der Waals surface area contributed by atoms with Gasteiger partial charge in [-0.15, -0.1) is 6.58 Å². The first kappa shape index (κ1) is 11.2. The Kier molecular flexibility index (Phi) is 7.70. The molecule has 3 heteroatoms. The number of carbonyl (C=O) groups excluding carboxylic acids is 1. The molecular weight excluding hydrogens is 154 g/mol. The number of nitrogens with one attached hydrogen (secondary N) is 1. The first-order valence-corrected chi connectivity index (χ1v) is 4.26. The zero-order valence-corrected chi connectivity index (χ0v) is 7.33. The Morgan fingerprint density at radius 3 is 2.75 bits per heavy atom. The third-order valence-corrected chi connectivity index (χ3v) is 1.73. The van der Waals surface area contributed by atoms with Gasteiger partial charge in [-0.1, -0.05) is 12.5 Å². The molecule has 0 saturated carbocycles. The fourth-order valence-corrected chi connectivity index (χ4v) is 1.00. The average Bonchev–Trinajstić information content (AvgIpc) is 2.10. The van der Waals surface area contributed by atoms with Crippen LogP contribution in [-0.4, -0.2) is 24.2 Å². The van der Waals surface area contributed by atoms with Crippen LogP contribution in [0.3, 0.4) is 0 Å². The van der Waals surface area contributed by atoms with Crippen LogP contribution in [0.4, 0.5) is 0 Å². The van der Waals surface area contributed by atoms with Crippen LogP contribution < -0.4 is 5.32 Å². The van der Waals surface area contributed by atoms with Crippen molar-refractivity contribution in [3.05, 3.63) is 12.7 Å². The Balaban J connectivity index is 3.30. The summed E-state index contributed by atoms with van der Waals surface area (Å²) in [5.41, 5.74) is 0. The summed E-state index contributed by atoms with van der Waals surface area (Å²) in [7, 11) is 0. The molecule has 0 unspecified atom stereocenters. The number of aliphatic hydroxyl groups is 1. The number of carbonyl (C=O) groups is 1. The second kappa shape index (κ2) is 8.27. The predicted molar refractivity (Wildman–Crippen MR) is 48.7 cm³/mol. The number of aliphatic hydroxyl groups excluding tert-OH is 1. The van der Waals surface area contributed by atoms with Gasteiger partial charge in [-0.25, -0.2) is 0 Å². The van der Waals surface area contributed by atoms with Crippen molar-refractivity contribution in [3.63, 3.8) is 0 Å². The third kappa shape index (κ3) is 5.92. The van der Waals surface area contributed by atoms with E-state index in [1.807, 2.05) is 6.08 Å². The second-order valence-corrected chi connectivity index (χ2v) is 2.74. The Hall–Kier alpha value is -0.830. The van der Waals surface area contributed by atoms with Gasteiger partial charge in [0, 0.05) is 0 Å². The molecule has 0 aromatic heterocycles. The van der Waals surface area contributed by atoms with Crippen LogP contribution in [-0.2, 0) is 4.79 Å². The molecule has 0 aromatic rings. The fraction of sp³-hybridized carbons (Fsp3) is 0.667. The van der Waals surface area contributed by atoms with Crippen molar-refractivity contribution in [3.8, 4) is 0 Å². The zero-order chi connectivity index (χ0) is 9.23. The molecule has 0 aliphatic heterocycles. The van der Waals surface area contributed by atoms with Crippen molar-refractivity contribution in [1.82, 2.24) is 5.32 Å². The highest BCUT2D eigenvalue weighted by atomic mass is 16.3. The lowest BCUT2D eigenvalue weighted by Gasteiger charge is -2.11. The number of allylic oxidation sites excluding steroid dienone is 1. The number of amides is 1. The second-order valence-electron chi connectivity index (χ2n) is 2.74. The zero-order valence-electron chi connectivity index (χ0n) is 7.33. The Bertz CT molecular complexity index is 126. The Labute approximate surface area is 73.5 Å². The van der Waals surface area contributed by atoms with E-state index >= 15 is 0 Å². The van der Waals surface area contributed by atoms with Gasteiger partial charge in [0.2, 0.25) is 6.41 Å². The van der Waals surface area contributed by atoms with Crippen molar-refractivity contribution in [1.29, 1.82) is 0 Å². The molecule has 0 saturated heterocycles. The van der Waals surface area contributed by atoms with Gasteiger partial charge in [0.05, 0.1) is 12.6 Å². The molecule has 70 valence electrons. The van der Waals surface area contributed by atoms with Crippen molar-refractivity contribution in [2.45, 2.75) is 31.7 Å². The molecule has 0 aliphatic carbocycles. The number of unbranched alkanes of at least 4 members (excludes halogenated alkanes) is 2. The first-order chi connectivity index (χ1) is 5.85. The third-order valence-electron chi connectivity index (χ3n) is 1.73. The van der Waals surface area contributed by atoms with E-state index in [-0.39, 0.29) is 12.6 Å². The molecule has 0 radical (unpaired) electrons. The van der Waals surface area contributed by atoms with E-state index in [1.54, 1.807) is 0 Å². The monoisotopic (exact) mass is 171 g/mol. The largest absolute Gasteiger partial charge is 0.394 e. The molecule has 3 nitrogen and oxygen atoms in total. The summed E-state index contributed by atoms with van der Waals surface area (Å²) in [6, 6.07) is -0.0766. The van der Waals surface area contributed by atoms with Crippen LogP contribution in [0, 0.1) is 0 Å².